The topological polar surface area (TPSA) is 102 Å². The van der Waals surface area contributed by atoms with E-state index in [-0.39, 0.29) is 37.4 Å². The van der Waals surface area contributed by atoms with Crippen molar-refractivity contribution in [1.82, 2.24) is 0 Å². The zero-order valence-corrected chi connectivity index (χ0v) is 17.0. The van der Waals surface area contributed by atoms with Crippen LogP contribution in [0, 0.1) is 5.41 Å². The van der Waals surface area contributed by atoms with Gasteiger partial charge in [0, 0.05) is 0 Å². The van der Waals surface area contributed by atoms with Crippen molar-refractivity contribution in [2.75, 3.05) is 19.8 Å². The molecule has 0 fully saturated rings. The standard InChI is InChI=1S/C22H28O7/c1-4-10-27-14-22(15-28-11-5-2,16-29-12-6-3)13-17-8-7-9-18(20(23)24)19(17)21(25)26/h4-12H,13-16H2,1-3H3,(H,23,24)(H,25,26). The van der Waals surface area contributed by atoms with Crippen molar-refractivity contribution in [2.24, 2.45) is 5.41 Å². The molecule has 29 heavy (non-hydrogen) atoms. The number of carboxylic acids is 2. The summed E-state index contributed by atoms with van der Waals surface area (Å²) in [6.07, 6.45) is 9.99. The largest absolute Gasteiger partial charge is 0.501 e. The fraction of sp³-hybridized carbons (Fsp3) is 0.364. The first-order valence-electron chi connectivity index (χ1n) is 9.17. The Labute approximate surface area is 170 Å². The number of carbonyl (C=O) groups is 2. The Balaban J connectivity index is 3.40. The highest BCUT2D eigenvalue weighted by atomic mass is 16.5. The molecule has 1 aromatic rings. The van der Waals surface area contributed by atoms with E-state index >= 15 is 0 Å². The molecular formula is C22H28O7. The minimum atomic E-state index is -1.30. The lowest BCUT2D eigenvalue weighted by Gasteiger charge is -2.32. The molecule has 2 N–H and O–H groups in total. The van der Waals surface area contributed by atoms with Crippen molar-refractivity contribution < 1.29 is 34.0 Å². The summed E-state index contributed by atoms with van der Waals surface area (Å²) in [5.74, 6) is -2.60. The van der Waals surface area contributed by atoms with Crippen LogP contribution in [0.25, 0.3) is 0 Å². The van der Waals surface area contributed by atoms with Crippen LogP contribution in [-0.4, -0.2) is 42.0 Å². The zero-order valence-electron chi connectivity index (χ0n) is 17.0. The predicted octanol–water partition coefficient (Wildman–Crippen LogP) is 4.26. The van der Waals surface area contributed by atoms with Gasteiger partial charge >= 0.3 is 11.9 Å². The summed E-state index contributed by atoms with van der Waals surface area (Å²) in [6.45, 7) is 5.99. The molecule has 7 nitrogen and oxygen atoms in total. The molecule has 1 aromatic carbocycles. The summed E-state index contributed by atoms with van der Waals surface area (Å²) < 4.78 is 16.8. The molecule has 0 aliphatic rings. The van der Waals surface area contributed by atoms with E-state index in [0.29, 0.717) is 5.56 Å². The molecule has 0 bridgehead atoms. The van der Waals surface area contributed by atoms with Crippen LogP contribution in [0.5, 0.6) is 0 Å². The predicted molar refractivity (Wildman–Crippen MR) is 109 cm³/mol. The van der Waals surface area contributed by atoms with Crippen LogP contribution in [-0.2, 0) is 20.6 Å². The minimum Gasteiger partial charge on any atom is -0.501 e. The van der Waals surface area contributed by atoms with Crippen molar-refractivity contribution in [3.05, 3.63) is 71.9 Å². The van der Waals surface area contributed by atoms with Gasteiger partial charge in [0.05, 0.1) is 55.1 Å². The molecule has 0 radical (unpaired) electrons. The average molecular weight is 404 g/mol. The van der Waals surface area contributed by atoms with Gasteiger partial charge in [-0.05, 0) is 38.8 Å². The second kappa shape index (κ2) is 12.3. The first kappa shape index (κ1) is 23.8. The Kier molecular flexibility index (Phi) is 10.1. The van der Waals surface area contributed by atoms with Crippen molar-refractivity contribution in [3.63, 3.8) is 0 Å². The number of hydrogen-bond donors (Lipinski definition) is 2. The number of aromatic carboxylic acids is 2. The van der Waals surface area contributed by atoms with Crippen molar-refractivity contribution >= 4 is 11.9 Å². The van der Waals surface area contributed by atoms with E-state index < -0.39 is 17.4 Å². The number of carboxylic acid groups (broad SMARTS) is 2. The highest BCUT2D eigenvalue weighted by molar-refractivity contribution is 6.02. The number of allylic oxidation sites excluding steroid dienone is 3. The first-order valence-corrected chi connectivity index (χ1v) is 9.17. The fourth-order valence-electron chi connectivity index (χ4n) is 2.82. The molecule has 0 amide bonds. The van der Waals surface area contributed by atoms with Gasteiger partial charge in [-0.2, -0.15) is 0 Å². The molecule has 0 aliphatic heterocycles. The van der Waals surface area contributed by atoms with Crippen LogP contribution in [0.15, 0.2) is 55.2 Å². The molecule has 0 aromatic heterocycles. The molecular weight excluding hydrogens is 376 g/mol. The number of ether oxygens (including phenoxy) is 3. The number of benzene rings is 1. The molecule has 1 rings (SSSR count). The maximum Gasteiger partial charge on any atom is 0.336 e. The van der Waals surface area contributed by atoms with Gasteiger partial charge in [0.1, 0.15) is 0 Å². The van der Waals surface area contributed by atoms with Crippen LogP contribution >= 0.6 is 0 Å². The molecule has 0 saturated carbocycles. The third-order valence-electron chi connectivity index (χ3n) is 4.03. The van der Waals surface area contributed by atoms with Crippen LogP contribution in [0.2, 0.25) is 0 Å². The van der Waals surface area contributed by atoms with Gasteiger partial charge in [0.2, 0.25) is 0 Å². The molecule has 7 heteroatoms. The van der Waals surface area contributed by atoms with E-state index in [4.69, 9.17) is 14.2 Å². The van der Waals surface area contributed by atoms with Gasteiger partial charge < -0.3 is 24.4 Å². The average Bonchev–Trinajstić information content (AvgIpc) is 2.68. The zero-order chi connectivity index (χ0) is 21.7. The Morgan fingerprint density at radius 2 is 1.34 bits per heavy atom. The van der Waals surface area contributed by atoms with E-state index in [1.807, 2.05) is 20.8 Å². The Morgan fingerprint density at radius 3 is 1.72 bits per heavy atom. The maximum atomic E-state index is 11.8. The Bertz CT molecular complexity index is 722. The Morgan fingerprint density at radius 1 is 0.862 bits per heavy atom. The van der Waals surface area contributed by atoms with E-state index in [2.05, 4.69) is 0 Å². The van der Waals surface area contributed by atoms with Gasteiger partial charge in [-0.1, -0.05) is 30.4 Å². The van der Waals surface area contributed by atoms with Crippen LogP contribution in [0.4, 0.5) is 0 Å². The maximum absolute atomic E-state index is 11.8. The minimum absolute atomic E-state index is 0.183. The molecule has 0 saturated heterocycles. The van der Waals surface area contributed by atoms with Gasteiger partial charge in [-0.15, -0.1) is 0 Å². The molecule has 158 valence electrons. The van der Waals surface area contributed by atoms with Crippen molar-refractivity contribution in [1.29, 1.82) is 0 Å². The first-order chi connectivity index (χ1) is 13.9. The summed E-state index contributed by atoms with van der Waals surface area (Å²) in [5.41, 5.74) is -0.899. The van der Waals surface area contributed by atoms with Crippen LogP contribution in [0.1, 0.15) is 47.1 Å². The van der Waals surface area contributed by atoms with E-state index in [1.165, 1.54) is 30.9 Å². The van der Waals surface area contributed by atoms with Gasteiger partial charge in [0.15, 0.2) is 0 Å². The summed E-state index contributed by atoms with van der Waals surface area (Å²) >= 11 is 0. The van der Waals surface area contributed by atoms with E-state index in [0.717, 1.165) is 0 Å². The molecule has 0 aliphatic carbocycles. The summed E-state index contributed by atoms with van der Waals surface area (Å²) in [5, 5.41) is 19.0. The second-order valence-electron chi connectivity index (χ2n) is 6.47. The van der Waals surface area contributed by atoms with Gasteiger partial charge in [-0.25, -0.2) is 9.59 Å². The molecule has 0 atom stereocenters. The fourth-order valence-corrected chi connectivity index (χ4v) is 2.82. The lowest BCUT2D eigenvalue weighted by atomic mass is 9.81. The summed E-state index contributed by atoms with van der Waals surface area (Å²) in [6, 6.07) is 4.41. The third-order valence-corrected chi connectivity index (χ3v) is 4.03. The smallest absolute Gasteiger partial charge is 0.336 e. The monoisotopic (exact) mass is 404 g/mol. The third kappa shape index (κ3) is 7.37. The quantitative estimate of drug-likeness (QED) is 0.474. The summed E-state index contributed by atoms with van der Waals surface area (Å²) in [7, 11) is 0. The second-order valence-corrected chi connectivity index (χ2v) is 6.47. The van der Waals surface area contributed by atoms with E-state index in [9.17, 15) is 19.8 Å². The SMILES string of the molecule is CC=COCC(COC=CC)(COC=CC)Cc1cccc(C(=O)O)c1C(=O)O. The van der Waals surface area contributed by atoms with Crippen molar-refractivity contribution in [3.8, 4) is 0 Å². The molecule has 0 heterocycles. The molecule has 0 unspecified atom stereocenters. The van der Waals surface area contributed by atoms with Crippen LogP contribution < -0.4 is 0 Å². The van der Waals surface area contributed by atoms with Gasteiger partial charge in [0.25, 0.3) is 0 Å². The lowest BCUT2D eigenvalue weighted by Crippen LogP contribution is -2.38. The van der Waals surface area contributed by atoms with Crippen molar-refractivity contribution in [2.45, 2.75) is 27.2 Å². The highest BCUT2D eigenvalue weighted by Crippen LogP contribution is 2.29. The number of rotatable bonds is 13. The number of hydrogen-bond acceptors (Lipinski definition) is 5. The van der Waals surface area contributed by atoms with Crippen LogP contribution in [0.3, 0.4) is 0 Å². The summed E-state index contributed by atoms with van der Waals surface area (Å²) in [4.78, 5) is 23.3. The Hall–Kier alpha value is -3.22. The lowest BCUT2D eigenvalue weighted by molar-refractivity contribution is -0.0101. The molecule has 0 spiro atoms. The van der Waals surface area contributed by atoms with E-state index in [1.54, 1.807) is 24.3 Å². The normalized spacial score (nSPS) is 13.6. The highest BCUT2D eigenvalue weighted by Gasteiger charge is 2.35. The van der Waals surface area contributed by atoms with Gasteiger partial charge in [-0.3, -0.25) is 0 Å².